The highest BCUT2D eigenvalue weighted by atomic mass is 32.2. The number of halogens is 1. The Morgan fingerprint density at radius 2 is 1.94 bits per heavy atom. The topological polar surface area (TPSA) is 46.0 Å². The summed E-state index contributed by atoms with van der Waals surface area (Å²) in [4.78, 5) is 9.11. The number of benzene rings is 1. The third-order valence-electron chi connectivity index (χ3n) is 2.38. The van der Waals surface area contributed by atoms with E-state index in [4.69, 9.17) is 0 Å². The van der Waals surface area contributed by atoms with Crippen molar-refractivity contribution < 1.29 is 9.50 Å². The Hall–Kier alpha value is -1.46. The van der Waals surface area contributed by atoms with Crippen LogP contribution in [-0.4, -0.2) is 15.1 Å². The van der Waals surface area contributed by atoms with Crippen LogP contribution in [0.25, 0.3) is 0 Å². The molecule has 1 N–H and O–H groups in total. The maximum Gasteiger partial charge on any atom is 0.192 e. The number of rotatable bonds is 3. The van der Waals surface area contributed by atoms with Crippen molar-refractivity contribution in [1.29, 1.82) is 0 Å². The molecule has 2 aromatic rings. The lowest BCUT2D eigenvalue weighted by Gasteiger charge is -2.10. The van der Waals surface area contributed by atoms with Crippen LogP contribution in [0, 0.1) is 12.7 Å². The third kappa shape index (κ3) is 3.05. The predicted octanol–water partition coefficient (Wildman–Crippen LogP) is 3.13. The molecule has 18 heavy (non-hydrogen) atoms. The SMILES string of the molecule is Cc1cnc(Sc2ccc(F)cc2[C@@H](C)O)nc1. The highest BCUT2D eigenvalue weighted by Crippen LogP contribution is 2.31. The standard InChI is InChI=1S/C13H13FN2OS/c1-8-6-15-13(16-7-8)18-12-4-3-10(14)5-11(12)9(2)17/h3-7,9,17H,1-2H3/t9-/m1/s1. The Morgan fingerprint density at radius 1 is 1.28 bits per heavy atom. The average molecular weight is 264 g/mol. The van der Waals surface area contributed by atoms with E-state index in [1.54, 1.807) is 25.4 Å². The molecule has 0 aliphatic heterocycles. The number of hydrogen-bond acceptors (Lipinski definition) is 4. The van der Waals surface area contributed by atoms with Gasteiger partial charge in [-0.1, -0.05) is 0 Å². The van der Waals surface area contributed by atoms with Gasteiger partial charge in [-0.2, -0.15) is 0 Å². The van der Waals surface area contributed by atoms with Gasteiger partial charge >= 0.3 is 0 Å². The first-order valence-corrected chi connectivity index (χ1v) is 6.32. The van der Waals surface area contributed by atoms with Crippen LogP contribution in [0.3, 0.4) is 0 Å². The number of hydrogen-bond donors (Lipinski definition) is 1. The molecule has 0 unspecified atom stereocenters. The van der Waals surface area contributed by atoms with Crippen LogP contribution in [0.2, 0.25) is 0 Å². The van der Waals surface area contributed by atoms with Crippen LogP contribution >= 0.6 is 11.8 Å². The van der Waals surface area contributed by atoms with E-state index in [1.807, 2.05) is 6.92 Å². The van der Waals surface area contributed by atoms with Crippen LogP contribution in [0.4, 0.5) is 4.39 Å². The van der Waals surface area contributed by atoms with Crippen molar-refractivity contribution in [3.8, 4) is 0 Å². The number of aliphatic hydroxyl groups excluding tert-OH is 1. The van der Waals surface area contributed by atoms with E-state index in [0.29, 0.717) is 10.7 Å². The van der Waals surface area contributed by atoms with E-state index in [9.17, 15) is 9.50 Å². The van der Waals surface area contributed by atoms with Crippen molar-refractivity contribution in [3.63, 3.8) is 0 Å². The van der Waals surface area contributed by atoms with Crippen molar-refractivity contribution in [2.45, 2.75) is 30.0 Å². The third-order valence-corrected chi connectivity index (χ3v) is 3.37. The zero-order chi connectivity index (χ0) is 13.1. The first-order valence-electron chi connectivity index (χ1n) is 5.50. The zero-order valence-corrected chi connectivity index (χ0v) is 10.9. The lowest BCUT2D eigenvalue weighted by molar-refractivity contribution is 0.196. The van der Waals surface area contributed by atoms with Crippen molar-refractivity contribution in [3.05, 3.63) is 47.5 Å². The molecule has 3 nitrogen and oxygen atoms in total. The summed E-state index contributed by atoms with van der Waals surface area (Å²) in [7, 11) is 0. The van der Waals surface area contributed by atoms with E-state index < -0.39 is 6.10 Å². The number of aromatic nitrogens is 2. The molecule has 2 rings (SSSR count). The van der Waals surface area contributed by atoms with Gasteiger partial charge in [-0.15, -0.1) is 0 Å². The molecule has 0 bridgehead atoms. The van der Waals surface area contributed by atoms with Gasteiger partial charge in [0.1, 0.15) is 5.82 Å². The van der Waals surface area contributed by atoms with E-state index in [1.165, 1.54) is 23.9 Å². The molecule has 0 amide bonds. The van der Waals surface area contributed by atoms with Gasteiger partial charge in [0, 0.05) is 17.3 Å². The summed E-state index contributed by atoms with van der Waals surface area (Å²) < 4.78 is 13.1. The maximum absolute atomic E-state index is 13.1. The van der Waals surface area contributed by atoms with Crippen molar-refractivity contribution in [1.82, 2.24) is 9.97 Å². The highest BCUT2D eigenvalue weighted by molar-refractivity contribution is 7.99. The Balaban J connectivity index is 2.31. The van der Waals surface area contributed by atoms with Gasteiger partial charge in [0.2, 0.25) is 0 Å². The molecule has 1 aromatic heterocycles. The minimum atomic E-state index is -0.728. The quantitative estimate of drug-likeness (QED) is 0.865. The lowest BCUT2D eigenvalue weighted by atomic mass is 10.1. The molecule has 0 fully saturated rings. The minimum absolute atomic E-state index is 0.361. The van der Waals surface area contributed by atoms with Crippen LogP contribution in [-0.2, 0) is 0 Å². The molecule has 0 radical (unpaired) electrons. The average Bonchev–Trinajstić information content (AvgIpc) is 2.34. The second-order valence-electron chi connectivity index (χ2n) is 4.00. The Morgan fingerprint density at radius 3 is 2.56 bits per heavy atom. The fourth-order valence-electron chi connectivity index (χ4n) is 1.47. The maximum atomic E-state index is 13.1. The van der Waals surface area contributed by atoms with Gasteiger partial charge in [0.15, 0.2) is 5.16 Å². The summed E-state index contributed by atoms with van der Waals surface area (Å²) in [6.07, 6.45) is 2.72. The smallest absolute Gasteiger partial charge is 0.192 e. The largest absolute Gasteiger partial charge is 0.389 e. The Bertz CT molecular complexity index is 543. The van der Waals surface area contributed by atoms with Crippen LogP contribution in [0.5, 0.6) is 0 Å². The minimum Gasteiger partial charge on any atom is -0.389 e. The summed E-state index contributed by atoms with van der Waals surface area (Å²) in [5, 5.41) is 10.2. The highest BCUT2D eigenvalue weighted by Gasteiger charge is 2.11. The number of aryl methyl sites for hydroxylation is 1. The van der Waals surface area contributed by atoms with Crippen LogP contribution < -0.4 is 0 Å². The van der Waals surface area contributed by atoms with Crippen molar-refractivity contribution in [2.24, 2.45) is 0 Å². The first-order chi connectivity index (χ1) is 8.56. The molecule has 0 saturated carbocycles. The number of nitrogens with zero attached hydrogens (tertiary/aromatic N) is 2. The molecule has 1 atom stereocenters. The lowest BCUT2D eigenvalue weighted by Crippen LogP contribution is -1.96. The van der Waals surface area contributed by atoms with Crippen molar-refractivity contribution in [2.75, 3.05) is 0 Å². The van der Waals surface area contributed by atoms with Gasteiger partial charge in [0.05, 0.1) is 6.10 Å². The fourth-order valence-corrected chi connectivity index (χ4v) is 2.36. The Kier molecular flexibility index (Phi) is 3.93. The van der Waals surface area contributed by atoms with E-state index in [2.05, 4.69) is 9.97 Å². The molecule has 0 aliphatic carbocycles. The van der Waals surface area contributed by atoms with E-state index >= 15 is 0 Å². The van der Waals surface area contributed by atoms with Gasteiger partial charge in [-0.3, -0.25) is 0 Å². The fraction of sp³-hybridized carbons (Fsp3) is 0.231. The van der Waals surface area contributed by atoms with E-state index in [0.717, 1.165) is 10.5 Å². The predicted molar refractivity (Wildman–Crippen MR) is 67.9 cm³/mol. The van der Waals surface area contributed by atoms with Crippen molar-refractivity contribution >= 4 is 11.8 Å². The monoisotopic (exact) mass is 264 g/mol. The van der Waals surface area contributed by atoms with Gasteiger partial charge in [0.25, 0.3) is 0 Å². The molecule has 5 heteroatoms. The molecule has 94 valence electrons. The van der Waals surface area contributed by atoms with Crippen LogP contribution in [0.15, 0.2) is 40.6 Å². The summed E-state index contributed by atoms with van der Waals surface area (Å²) >= 11 is 1.31. The normalized spacial score (nSPS) is 12.4. The Labute approximate surface area is 109 Å². The van der Waals surface area contributed by atoms with Gasteiger partial charge in [-0.05, 0) is 54.9 Å². The summed E-state index contributed by atoms with van der Waals surface area (Å²) in [5.41, 5.74) is 1.53. The van der Waals surface area contributed by atoms with E-state index in [-0.39, 0.29) is 5.82 Å². The molecule has 0 spiro atoms. The molecule has 1 aromatic carbocycles. The van der Waals surface area contributed by atoms with Gasteiger partial charge in [-0.25, -0.2) is 14.4 Å². The molecule has 0 aliphatic rings. The molecular formula is C13H13FN2OS. The number of aliphatic hydroxyl groups is 1. The molecule has 1 heterocycles. The first kappa shape index (κ1) is 13.0. The second kappa shape index (κ2) is 5.46. The summed E-state index contributed by atoms with van der Waals surface area (Å²) in [6.45, 7) is 3.52. The van der Waals surface area contributed by atoms with Crippen LogP contribution in [0.1, 0.15) is 24.2 Å². The summed E-state index contributed by atoms with van der Waals surface area (Å²) in [5.74, 6) is -0.361. The summed E-state index contributed by atoms with van der Waals surface area (Å²) in [6, 6.07) is 4.33. The molecule has 0 saturated heterocycles. The van der Waals surface area contributed by atoms with Gasteiger partial charge < -0.3 is 5.11 Å². The molecular weight excluding hydrogens is 251 g/mol. The zero-order valence-electron chi connectivity index (χ0n) is 10.1. The second-order valence-corrected chi connectivity index (χ2v) is 5.01.